The maximum Gasteiger partial charge on any atom is 0.0641 e. The number of rotatable bonds is 5. The molecule has 1 aromatic carbocycles. The van der Waals surface area contributed by atoms with Crippen molar-refractivity contribution in [2.24, 2.45) is 0 Å². The van der Waals surface area contributed by atoms with Crippen molar-refractivity contribution in [3.63, 3.8) is 0 Å². The third-order valence-corrected chi connectivity index (χ3v) is 6.28. The molecular weight excluding hydrogens is 346 g/mol. The maximum absolute atomic E-state index is 6.14. The summed E-state index contributed by atoms with van der Waals surface area (Å²) in [6.07, 6.45) is 5.42. The first-order chi connectivity index (χ1) is 12.2. The van der Waals surface area contributed by atoms with Crippen LogP contribution in [0.3, 0.4) is 0 Å². The Balaban J connectivity index is 1.69. The molecule has 2 saturated heterocycles. The van der Waals surface area contributed by atoms with Gasteiger partial charge in [-0.3, -0.25) is 0 Å². The van der Waals surface area contributed by atoms with Crippen molar-refractivity contribution in [1.82, 2.24) is 5.32 Å². The number of hydrogen-bond donors (Lipinski definition) is 1. The van der Waals surface area contributed by atoms with Gasteiger partial charge in [0.15, 0.2) is 0 Å². The lowest BCUT2D eigenvalue weighted by Gasteiger charge is -2.46. The van der Waals surface area contributed by atoms with Crippen molar-refractivity contribution >= 4 is 11.6 Å². The van der Waals surface area contributed by atoms with Crippen molar-refractivity contribution in [3.8, 4) is 0 Å². The van der Waals surface area contributed by atoms with Gasteiger partial charge in [-0.1, -0.05) is 23.7 Å². The van der Waals surface area contributed by atoms with Gasteiger partial charge in [-0.25, -0.2) is 0 Å². The van der Waals surface area contributed by atoms with Gasteiger partial charge in [0.1, 0.15) is 0 Å². The van der Waals surface area contributed by atoms with E-state index in [4.69, 9.17) is 21.1 Å². The third-order valence-electron chi connectivity index (χ3n) is 6.03. The Morgan fingerprint density at radius 2 is 1.73 bits per heavy atom. The van der Waals surface area contributed by atoms with E-state index < -0.39 is 0 Å². The standard InChI is InChI=1S/C22H34ClNO2/c1-20(2)15-19(9-13-25-20)24-12-10-22(11-14-26-21(3,4)16-22)17-5-7-18(23)8-6-17/h5-8,19,24H,9-16H2,1-4H3/t19-,22-/m1/s1. The van der Waals surface area contributed by atoms with E-state index in [-0.39, 0.29) is 16.6 Å². The molecule has 2 atom stereocenters. The van der Waals surface area contributed by atoms with Crippen LogP contribution in [0.5, 0.6) is 0 Å². The van der Waals surface area contributed by atoms with Crippen LogP contribution in [0.25, 0.3) is 0 Å². The Labute approximate surface area is 163 Å². The van der Waals surface area contributed by atoms with E-state index in [0.29, 0.717) is 6.04 Å². The average Bonchev–Trinajstić information content (AvgIpc) is 2.53. The summed E-state index contributed by atoms with van der Waals surface area (Å²) in [4.78, 5) is 0. The Morgan fingerprint density at radius 1 is 1.04 bits per heavy atom. The van der Waals surface area contributed by atoms with E-state index in [1.54, 1.807) is 0 Å². The summed E-state index contributed by atoms with van der Waals surface area (Å²) in [7, 11) is 0. The van der Waals surface area contributed by atoms with Gasteiger partial charge in [0.2, 0.25) is 0 Å². The predicted molar refractivity (Wildman–Crippen MR) is 108 cm³/mol. The first-order valence-corrected chi connectivity index (χ1v) is 10.4. The smallest absolute Gasteiger partial charge is 0.0641 e. The van der Waals surface area contributed by atoms with Crippen LogP contribution in [0.1, 0.15) is 65.4 Å². The van der Waals surface area contributed by atoms with Crippen molar-refractivity contribution in [2.45, 2.75) is 82.5 Å². The first-order valence-electron chi connectivity index (χ1n) is 9.97. The summed E-state index contributed by atoms with van der Waals surface area (Å²) >= 11 is 6.14. The Morgan fingerprint density at radius 3 is 2.38 bits per heavy atom. The van der Waals surface area contributed by atoms with Gasteiger partial charge >= 0.3 is 0 Å². The number of halogens is 1. The molecule has 0 spiro atoms. The Bertz CT molecular complexity index is 599. The molecule has 2 aliphatic heterocycles. The van der Waals surface area contributed by atoms with E-state index in [0.717, 1.165) is 56.9 Å². The van der Waals surface area contributed by atoms with Crippen LogP contribution in [0.2, 0.25) is 5.02 Å². The summed E-state index contributed by atoms with van der Waals surface area (Å²) in [5.41, 5.74) is 1.45. The van der Waals surface area contributed by atoms with Crippen LogP contribution in [0.4, 0.5) is 0 Å². The highest BCUT2D eigenvalue weighted by molar-refractivity contribution is 6.30. The number of ether oxygens (including phenoxy) is 2. The Kier molecular flexibility index (Phi) is 6.03. The van der Waals surface area contributed by atoms with Gasteiger partial charge < -0.3 is 14.8 Å². The first kappa shape index (κ1) is 20.1. The molecule has 0 aliphatic carbocycles. The highest BCUT2D eigenvalue weighted by Crippen LogP contribution is 2.44. The molecule has 3 nitrogen and oxygen atoms in total. The van der Waals surface area contributed by atoms with Gasteiger partial charge in [-0.05, 0) is 84.0 Å². The number of nitrogens with one attached hydrogen (secondary N) is 1. The highest BCUT2D eigenvalue weighted by atomic mass is 35.5. The lowest BCUT2D eigenvalue weighted by molar-refractivity contribution is -0.0848. The zero-order chi connectivity index (χ0) is 18.8. The van der Waals surface area contributed by atoms with Gasteiger partial charge in [-0.15, -0.1) is 0 Å². The minimum absolute atomic E-state index is 0.00947. The normalized spacial score (nSPS) is 30.9. The second-order valence-electron chi connectivity index (χ2n) is 9.32. The predicted octanol–water partition coefficient (Wildman–Crippen LogP) is 5.10. The molecule has 3 rings (SSSR count). The monoisotopic (exact) mass is 379 g/mol. The molecule has 0 unspecified atom stereocenters. The van der Waals surface area contributed by atoms with Crippen LogP contribution in [-0.4, -0.2) is 37.0 Å². The summed E-state index contributed by atoms with van der Waals surface area (Å²) in [6.45, 7) is 11.5. The zero-order valence-corrected chi connectivity index (χ0v) is 17.5. The van der Waals surface area contributed by atoms with Gasteiger partial charge in [0, 0.05) is 29.7 Å². The van der Waals surface area contributed by atoms with Crippen LogP contribution in [0, 0.1) is 0 Å². The van der Waals surface area contributed by atoms with E-state index in [2.05, 4.69) is 45.1 Å². The van der Waals surface area contributed by atoms with Crippen molar-refractivity contribution in [1.29, 1.82) is 0 Å². The van der Waals surface area contributed by atoms with Crippen LogP contribution in [-0.2, 0) is 14.9 Å². The van der Waals surface area contributed by atoms with Crippen LogP contribution >= 0.6 is 11.6 Å². The second-order valence-corrected chi connectivity index (χ2v) is 9.76. The summed E-state index contributed by atoms with van der Waals surface area (Å²) in [5, 5.41) is 4.61. The van der Waals surface area contributed by atoms with Crippen molar-refractivity contribution in [3.05, 3.63) is 34.9 Å². The fraction of sp³-hybridized carbons (Fsp3) is 0.727. The lowest BCUT2D eigenvalue weighted by atomic mass is 9.67. The molecule has 1 N–H and O–H groups in total. The van der Waals surface area contributed by atoms with Gasteiger partial charge in [0.25, 0.3) is 0 Å². The van der Waals surface area contributed by atoms with Crippen LogP contribution < -0.4 is 5.32 Å². The SMILES string of the molecule is CC1(C)C[C@H](NCC[C@@]2(c3ccc(Cl)cc3)CCOC(C)(C)C2)CCO1. The quantitative estimate of drug-likeness (QED) is 0.771. The summed E-state index contributed by atoms with van der Waals surface area (Å²) in [5.74, 6) is 0. The molecule has 2 fully saturated rings. The summed E-state index contributed by atoms with van der Waals surface area (Å²) < 4.78 is 11.9. The third kappa shape index (κ3) is 5.01. The van der Waals surface area contributed by atoms with Gasteiger partial charge in [-0.2, -0.15) is 0 Å². The van der Waals surface area contributed by atoms with Crippen molar-refractivity contribution in [2.75, 3.05) is 19.8 Å². The van der Waals surface area contributed by atoms with E-state index in [9.17, 15) is 0 Å². The lowest BCUT2D eigenvalue weighted by Crippen LogP contribution is -2.47. The molecular formula is C22H34ClNO2. The molecule has 0 saturated carbocycles. The molecule has 4 heteroatoms. The molecule has 0 aromatic heterocycles. The fourth-order valence-corrected chi connectivity index (χ4v) is 4.93. The molecule has 1 aromatic rings. The fourth-order valence-electron chi connectivity index (χ4n) is 4.81. The summed E-state index contributed by atoms with van der Waals surface area (Å²) in [6, 6.07) is 9.02. The highest BCUT2D eigenvalue weighted by Gasteiger charge is 2.42. The minimum atomic E-state index is -0.0848. The second kappa shape index (κ2) is 7.79. The van der Waals surface area contributed by atoms with Gasteiger partial charge in [0.05, 0.1) is 11.2 Å². The van der Waals surface area contributed by atoms with Crippen LogP contribution in [0.15, 0.2) is 24.3 Å². The van der Waals surface area contributed by atoms with E-state index in [1.807, 2.05) is 12.1 Å². The Hall–Kier alpha value is -0.610. The molecule has 2 aliphatic rings. The topological polar surface area (TPSA) is 30.5 Å². The number of benzene rings is 1. The minimum Gasteiger partial charge on any atom is -0.376 e. The molecule has 0 bridgehead atoms. The zero-order valence-electron chi connectivity index (χ0n) is 16.7. The van der Waals surface area contributed by atoms with E-state index in [1.165, 1.54) is 5.56 Å². The molecule has 0 amide bonds. The molecule has 146 valence electrons. The van der Waals surface area contributed by atoms with Crippen molar-refractivity contribution < 1.29 is 9.47 Å². The largest absolute Gasteiger partial charge is 0.376 e. The molecule has 2 heterocycles. The maximum atomic E-state index is 6.14. The molecule has 26 heavy (non-hydrogen) atoms. The van der Waals surface area contributed by atoms with E-state index >= 15 is 0 Å². The molecule has 0 radical (unpaired) electrons. The average molecular weight is 380 g/mol. The number of hydrogen-bond acceptors (Lipinski definition) is 3.